The van der Waals surface area contributed by atoms with Gasteiger partial charge in [-0.1, -0.05) is 0 Å². The van der Waals surface area contributed by atoms with Gasteiger partial charge in [0, 0.05) is 11.8 Å². The Morgan fingerprint density at radius 1 is 0.944 bits per heavy atom. The molecule has 18 heavy (non-hydrogen) atoms. The standard InChI is InChI=1S/C12H10O6/c1-3-9(13)17-7-5-15-12-8(6-16-11(7)12)18-10(14)4-2/h1-2,7-8,11-12H,5-6H2/t7-,8-,11-,12-/m1/s1. The second-order valence-electron chi connectivity index (χ2n) is 3.77. The summed E-state index contributed by atoms with van der Waals surface area (Å²) < 4.78 is 20.6. The number of hydrogen-bond donors (Lipinski definition) is 0. The lowest BCUT2D eigenvalue weighted by molar-refractivity contribution is -0.148. The second kappa shape index (κ2) is 5.09. The molecule has 0 N–H and O–H groups in total. The highest BCUT2D eigenvalue weighted by Gasteiger charge is 2.51. The van der Waals surface area contributed by atoms with Crippen LogP contribution in [0.1, 0.15) is 0 Å². The van der Waals surface area contributed by atoms with Gasteiger partial charge in [0.2, 0.25) is 0 Å². The number of carbonyl (C=O) groups is 2. The summed E-state index contributed by atoms with van der Waals surface area (Å²) in [6.07, 6.45) is 7.65. The first kappa shape index (κ1) is 12.4. The number of hydrogen-bond acceptors (Lipinski definition) is 6. The molecule has 0 aliphatic carbocycles. The Morgan fingerprint density at radius 2 is 1.33 bits per heavy atom. The summed E-state index contributed by atoms with van der Waals surface area (Å²) in [4.78, 5) is 22.0. The summed E-state index contributed by atoms with van der Waals surface area (Å²) in [5.74, 6) is 2.12. The van der Waals surface area contributed by atoms with Gasteiger partial charge in [-0.25, -0.2) is 9.59 Å². The third-order valence-electron chi connectivity index (χ3n) is 2.72. The summed E-state index contributed by atoms with van der Waals surface area (Å²) in [7, 11) is 0. The molecule has 4 atom stereocenters. The predicted octanol–water partition coefficient (Wildman–Crippen LogP) is -1.13. The minimum atomic E-state index is -0.781. The van der Waals surface area contributed by atoms with Gasteiger partial charge in [0.25, 0.3) is 0 Å². The van der Waals surface area contributed by atoms with Crippen molar-refractivity contribution in [2.45, 2.75) is 24.4 Å². The fraction of sp³-hybridized carbons (Fsp3) is 0.500. The lowest BCUT2D eigenvalue weighted by Crippen LogP contribution is -2.35. The van der Waals surface area contributed by atoms with Gasteiger partial charge in [0.05, 0.1) is 13.2 Å². The van der Waals surface area contributed by atoms with E-state index in [1.165, 1.54) is 0 Å². The second-order valence-corrected chi connectivity index (χ2v) is 3.77. The fourth-order valence-corrected chi connectivity index (χ4v) is 1.97. The van der Waals surface area contributed by atoms with Crippen LogP contribution in [0.4, 0.5) is 0 Å². The summed E-state index contributed by atoms with van der Waals surface area (Å²) in [6, 6.07) is 0. The van der Waals surface area contributed by atoms with E-state index in [1.54, 1.807) is 0 Å². The normalized spacial score (nSPS) is 33.0. The Balaban J connectivity index is 1.95. The number of rotatable bonds is 2. The number of carbonyl (C=O) groups excluding carboxylic acids is 2. The maximum atomic E-state index is 11.0. The summed E-state index contributed by atoms with van der Waals surface area (Å²) in [6.45, 7) is 0.291. The first-order valence-electron chi connectivity index (χ1n) is 5.23. The van der Waals surface area contributed by atoms with Crippen molar-refractivity contribution in [2.24, 2.45) is 0 Å². The van der Waals surface area contributed by atoms with Crippen LogP contribution < -0.4 is 0 Å². The minimum absolute atomic E-state index is 0.146. The lowest BCUT2D eigenvalue weighted by atomic mass is 10.1. The van der Waals surface area contributed by atoms with E-state index in [0.29, 0.717) is 0 Å². The molecule has 0 unspecified atom stereocenters. The first-order valence-corrected chi connectivity index (χ1v) is 5.23. The molecule has 0 aromatic heterocycles. The van der Waals surface area contributed by atoms with Gasteiger partial charge in [-0.15, -0.1) is 12.8 Å². The molecule has 2 saturated heterocycles. The minimum Gasteiger partial charge on any atom is -0.447 e. The van der Waals surface area contributed by atoms with E-state index in [1.807, 2.05) is 11.8 Å². The van der Waals surface area contributed by atoms with Crippen LogP contribution in [0.3, 0.4) is 0 Å². The van der Waals surface area contributed by atoms with Gasteiger partial charge in [-0.05, 0) is 0 Å². The van der Waals surface area contributed by atoms with Gasteiger partial charge in [-0.2, -0.15) is 0 Å². The Bertz CT molecular complexity index is 400. The van der Waals surface area contributed by atoms with Crippen LogP contribution >= 0.6 is 0 Å². The molecule has 2 aliphatic heterocycles. The van der Waals surface area contributed by atoms with Crippen molar-refractivity contribution in [3.63, 3.8) is 0 Å². The van der Waals surface area contributed by atoms with Gasteiger partial charge < -0.3 is 18.9 Å². The molecule has 0 amide bonds. The third kappa shape index (κ3) is 2.30. The average molecular weight is 250 g/mol. The van der Waals surface area contributed by atoms with Crippen molar-refractivity contribution in [1.82, 2.24) is 0 Å². The molecule has 0 saturated carbocycles. The Morgan fingerprint density at radius 3 is 1.67 bits per heavy atom. The van der Waals surface area contributed by atoms with Crippen LogP contribution in [-0.2, 0) is 28.5 Å². The maximum Gasteiger partial charge on any atom is 0.384 e. The van der Waals surface area contributed by atoms with E-state index in [9.17, 15) is 9.59 Å². The first-order chi connectivity index (χ1) is 8.65. The van der Waals surface area contributed by atoms with Crippen LogP contribution in [-0.4, -0.2) is 49.6 Å². The smallest absolute Gasteiger partial charge is 0.384 e. The highest BCUT2D eigenvalue weighted by atomic mass is 16.7. The fourth-order valence-electron chi connectivity index (χ4n) is 1.97. The summed E-state index contributed by atoms with van der Waals surface area (Å²) >= 11 is 0. The van der Waals surface area contributed by atoms with E-state index < -0.39 is 36.4 Å². The molecule has 6 heteroatoms. The molecule has 6 nitrogen and oxygen atoms in total. The molecule has 0 bridgehead atoms. The molecular formula is C12H10O6. The van der Waals surface area contributed by atoms with Crippen LogP contribution in [0.5, 0.6) is 0 Å². The molecular weight excluding hydrogens is 240 g/mol. The number of terminal acetylenes is 2. The predicted molar refractivity (Wildman–Crippen MR) is 56.9 cm³/mol. The summed E-state index contributed by atoms with van der Waals surface area (Å²) in [5.41, 5.74) is 0. The molecule has 2 fully saturated rings. The third-order valence-corrected chi connectivity index (χ3v) is 2.72. The number of fused-ring (bicyclic) bond motifs is 1. The van der Waals surface area contributed by atoms with Crippen molar-refractivity contribution in [1.29, 1.82) is 0 Å². The number of ether oxygens (including phenoxy) is 4. The van der Waals surface area contributed by atoms with Crippen LogP contribution in [0.25, 0.3) is 0 Å². The van der Waals surface area contributed by atoms with E-state index >= 15 is 0 Å². The largest absolute Gasteiger partial charge is 0.447 e. The zero-order valence-corrected chi connectivity index (χ0v) is 9.33. The van der Waals surface area contributed by atoms with E-state index in [-0.39, 0.29) is 13.2 Å². The van der Waals surface area contributed by atoms with E-state index in [0.717, 1.165) is 0 Å². The molecule has 2 heterocycles. The molecule has 2 aliphatic rings. The lowest BCUT2D eigenvalue weighted by Gasteiger charge is -2.15. The molecule has 0 radical (unpaired) electrons. The Kier molecular flexibility index (Phi) is 3.52. The quantitative estimate of drug-likeness (QED) is 0.351. The number of esters is 2. The molecule has 94 valence electrons. The zero-order valence-electron chi connectivity index (χ0n) is 9.33. The Labute approximate surface area is 104 Å². The zero-order chi connectivity index (χ0) is 13.1. The van der Waals surface area contributed by atoms with Gasteiger partial charge >= 0.3 is 11.9 Å². The SMILES string of the molecule is C#CC(=O)O[C@@H]1CO[C@H]2[C@@H]1OC[C@H]2OC(=O)C#C. The van der Waals surface area contributed by atoms with Crippen molar-refractivity contribution in [3.05, 3.63) is 0 Å². The van der Waals surface area contributed by atoms with Crippen molar-refractivity contribution >= 4 is 11.9 Å². The molecule has 0 aromatic carbocycles. The molecule has 0 aromatic rings. The van der Waals surface area contributed by atoms with Crippen molar-refractivity contribution in [2.75, 3.05) is 13.2 Å². The Hall–Kier alpha value is -2.02. The van der Waals surface area contributed by atoms with Crippen LogP contribution in [0, 0.1) is 24.7 Å². The van der Waals surface area contributed by atoms with Crippen molar-refractivity contribution < 1.29 is 28.5 Å². The molecule has 2 rings (SSSR count). The monoisotopic (exact) mass is 250 g/mol. The van der Waals surface area contributed by atoms with Gasteiger partial charge in [0.15, 0.2) is 12.2 Å². The van der Waals surface area contributed by atoms with Crippen molar-refractivity contribution in [3.8, 4) is 24.7 Å². The van der Waals surface area contributed by atoms with Gasteiger partial charge in [0.1, 0.15) is 12.2 Å². The van der Waals surface area contributed by atoms with Crippen LogP contribution in [0.2, 0.25) is 0 Å². The topological polar surface area (TPSA) is 71.1 Å². The highest BCUT2D eigenvalue weighted by Crippen LogP contribution is 2.30. The highest BCUT2D eigenvalue weighted by molar-refractivity contribution is 5.88. The average Bonchev–Trinajstić information content (AvgIpc) is 2.93. The molecule has 0 spiro atoms. The van der Waals surface area contributed by atoms with Gasteiger partial charge in [-0.3, -0.25) is 0 Å². The van der Waals surface area contributed by atoms with Crippen LogP contribution in [0.15, 0.2) is 0 Å². The van der Waals surface area contributed by atoms with E-state index in [2.05, 4.69) is 0 Å². The maximum absolute atomic E-state index is 11.0. The summed E-state index contributed by atoms with van der Waals surface area (Å²) in [5, 5.41) is 0. The van der Waals surface area contributed by atoms with E-state index in [4.69, 9.17) is 31.8 Å².